The van der Waals surface area contributed by atoms with Crippen LogP contribution in [0.5, 0.6) is 0 Å². The summed E-state index contributed by atoms with van der Waals surface area (Å²) in [6.07, 6.45) is 6.25. The number of carbonyl (C=O) groups is 2. The summed E-state index contributed by atoms with van der Waals surface area (Å²) in [4.78, 5) is 27.8. The molecule has 1 fully saturated rings. The summed E-state index contributed by atoms with van der Waals surface area (Å²) in [5, 5.41) is 0. The highest BCUT2D eigenvalue weighted by atomic mass is 32.1. The first kappa shape index (κ1) is 12.7. The number of primary amides is 1. The Balaban J connectivity index is 2.04. The number of hydrogen-bond donors (Lipinski definition) is 1. The molecule has 0 saturated carbocycles. The number of likely N-dealkylation sites (tertiary alicyclic amines) is 1. The number of hydrogen-bond acceptors (Lipinski definition) is 3. The van der Waals surface area contributed by atoms with Crippen molar-refractivity contribution in [1.82, 2.24) is 4.90 Å². The number of aryl methyl sites for hydroxylation is 1. The lowest BCUT2D eigenvalue weighted by molar-refractivity contribution is 0.0786. The molecule has 1 aliphatic heterocycles. The number of fused-ring (bicyclic) bond motifs is 1. The maximum atomic E-state index is 12.6. The Labute approximate surface area is 116 Å². The minimum Gasteiger partial charge on any atom is -0.365 e. The summed E-state index contributed by atoms with van der Waals surface area (Å²) >= 11 is 1.44. The summed E-state index contributed by atoms with van der Waals surface area (Å²) in [6, 6.07) is 0. The van der Waals surface area contributed by atoms with E-state index in [-0.39, 0.29) is 5.91 Å². The lowest BCUT2D eigenvalue weighted by Crippen LogP contribution is -2.30. The van der Waals surface area contributed by atoms with E-state index >= 15 is 0 Å². The molecule has 3 rings (SSSR count). The number of carbonyl (C=O) groups excluding carboxylic acids is 2. The molecule has 0 aromatic carbocycles. The van der Waals surface area contributed by atoms with E-state index in [1.807, 2.05) is 4.90 Å². The molecule has 0 atom stereocenters. The Morgan fingerprint density at radius 3 is 2.42 bits per heavy atom. The summed E-state index contributed by atoms with van der Waals surface area (Å²) < 4.78 is 0. The molecular weight excluding hydrogens is 260 g/mol. The first-order valence-corrected chi connectivity index (χ1v) is 7.73. The van der Waals surface area contributed by atoms with Crippen molar-refractivity contribution in [2.24, 2.45) is 5.73 Å². The predicted molar refractivity (Wildman–Crippen MR) is 74.6 cm³/mol. The van der Waals surface area contributed by atoms with Crippen LogP contribution in [-0.2, 0) is 12.8 Å². The summed E-state index contributed by atoms with van der Waals surface area (Å²) in [6.45, 7) is 1.61. The minimum atomic E-state index is -0.457. The van der Waals surface area contributed by atoms with Gasteiger partial charge in [0, 0.05) is 18.0 Å². The van der Waals surface area contributed by atoms with Crippen LogP contribution in [-0.4, -0.2) is 29.8 Å². The fourth-order valence-corrected chi connectivity index (χ4v) is 4.28. The third-order valence-electron chi connectivity index (χ3n) is 4.00. The van der Waals surface area contributed by atoms with Gasteiger partial charge in [0.2, 0.25) is 0 Å². The van der Waals surface area contributed by atoms with Crippen LogP contribution < -0.4 is 5.73 Å². The molecule has 102 valence electrons. The molecule has 5 heteroatoms. The van der Waals surface area contributed by atoms with E-state index in [2.05, 4.69) is 0 Å². The number of nitrogens with zero attached hydrogens (tertiary/aromatic N) is 1. The molecule has 2 amide bonds. The van der Waals surface area contributed by atoms with E-state index in [1.54, 1.807) is 0 Å². The van der Waals surface area contributed by atoms with Gasteiger partial charge in [-0.1, -0.05) is 0 Å². The fraction of sp³-hybridized carbons (Fsp3) is 0.571. The van der Waals surface area contributed by atoms with Crippen molar-refractivity contribution in [3.8, 4) is 0 Å². The predicted octanol–water partition coefficient (Wildman–Crippen LogP) is 1.96. The highest BCUT2D eigenvalue weighted by Crippen LogP contribution is 2.35. The molecule has 1 aromatic heterocycles. The van der Waals surface area contributed by atoms with Gasteiger partial charge in [-0.15, -0.1) is 11.3 Å². The standard InChI is InChI=1S/C14H18N2O2S/c15-13(17)12-11(14(18)16-7-3-4-8-16)9-5-1-2-6-10(9)19-12/h1-8H2,(H2,15,17). The van der Waals surface area contributed by atoms with Gasteiger partial charge in [0.05, 0.1) is 5.56 Å². The number of thiophene rings is 1. The van der Waals surface area contributed by atoms with E-state index in [9.17, 15) is 9.59 Å². The molecule has 2 heterocycles. The molecule has 1 aliphatic carbocycles. The van der Waals surface area contributed by atoms with Crippen LogP contribution in [0.3, 0.4) is 0 Å². The second-order valence-electron chi connectivity index (χ2n) is 5.28. The highest BCUT2D eigenvalue weighted by molar-refractivity contribution is 7.14. The Bertz CT molecular complexity index is 530. The average molecular weight is 278 g/mol. The van der Waals surface area contributed by atoms with Gasteiger partial charge in [-0.05, 0) is 44.1 Å². The van der Waals surface area contributed by atoms with Gasteiger partial charge in [-0.3, -0.25) is 9.59 Å². The van der Waals surface area contributed by atoms with Crippen molar-refractivity contribution in [2.75, 3.05) is 13.1 Å². The zero-order valence-electron chi connectivity index (χ0n) is 10.9. The maximum absolute atomic E-state index is 12.6. The van der Waals surface area contributed by atoms with Crippen LogP contribution in [0, 0.1) is 0 Å². The number of amides is 2. The lowest BCUT2D eigenvalue weighted by Gasteiger charge is -2.18. The van der Waals surface area contributed by atoms with E-state index in [1.165, 1.54) is 16.2 Å². The van der Waals surface area contributed by atoms with Gasteiger partial charge < -0.3 is 10.6 Å². The average Bonchev–Trinajstić information content (AvgIpc) is 3.05. The molecule has 0 spiro atoms. The molecular formula is C14H18N2O2S. The maximum Gasteiger partial charge on any atom is 0.259 e. The Morgan fingerprint density at radius 2 is 1.74 bits per heavy atom. The first-order chi connectivity index (χ1) is 9.18. The van der Waals surface area contributed by atoms with Crippen molar-refractivity contribution >= 4 is 23.2 Å². The molecule has 19 heavy (non-hydrogen) atoms. The molecule has 0 radical (unpaired) electrons. The van der Waals surface area contributed by atoms with Crippen molar-refractivity contribution in [1.29, 1.82) is 0 Å². The van der Waals surface area contributed by atoms with Crippen molar-refractivity contribution in [3.05, 3.63) is 20.9 Å². The molecule has 0 unspecified atom stereocenters. The second-order valence-corrected chi connectivity index (χ2v) is 6.38. The monoisotopic (exact) mass is 278 g/mol. The number of rotatable bonds is 2. The van der Waals surface area contributed by atoms with E-state index in [0.29, 0.717) is 10.4 Å². The van der Waals surface area contributed by atoms with Gasteiger partial charge >= 0.3 is 0 Å². The SMILES string of the molecule is NC(=O)c1sc2c(c1C(=O)N1CCCC1)CCCC2. The Morgan fingerprint density at radius 1 is 1.05 bits per heavy atom. The largest absolute Gasteiger partial charge is 0.365 e. The minimum absolute atomic E-state index is 0.0192. The quantitative estimate of drug-likeness (QED) is 0.899. The topological polar surface area (TPSA) is 63.4 Å². The van der Waals surface area contributed by atoms with Gasteiger partial charge in [-0.25, -0.2) is 0 Å². The molecule has 2 N–H and O–H groups in total. The summed E-state index contributed by atoms with van der Waals surface area (Å²) in [7, 11) is 0. The van der Waals surface area contributed by atoms with Gasteiger partial charge in [0.25, 0.3) is 11.8 Å². The highest BCUT2D eigenvalue weighted by Gasteiger charge is 2.31. The lowest BCUT2D eigenvalue weighted by atomic mass is 9.94. The van der Waals surface area contributed by atoms with Gasteiger partial charge in [-0.2, -0.15) is 0 Å². The van der Waals surface area contributed by atoms with E-state index in [0.717, 1.165) is 57.2 Å². The van der Waals surface area contributed by atoms with Gasteiger partial charge in [0.15, 0.2) is 0 Å². The van der Waals surface area contributed by atoms with E-state index < -0.39 is 5.91 Å². The smallest absolute Gasteiger partial charge is 0.259 e. The van der Waals surface area contributed by atoms with Crippen LogP contribution >= 0.6 is 11.3 Å². The van der Waals surface area contributed by atoms with Crippen molar-refractivity contribution in [3.63, 3.8) is 0 Å². The Hall–Kier alpha value is -1.36. The fourth-order valence-electron chi connectivity index (χ4n) is 3.04. The summed E-state index contributed by atoms with van der Waals surface area (Å²) in [5.74, 6) is -0.437. The number of nitrogens with two attached hydrogens (primary N) is 1. The zero-order valence-corrected chi connectivity index (χ0v) is 11.7. The van der Waals surface area contributed by atoms with E-state index in [4.69, 9.17) is 5.73 Å². The Kier molecular flexibility index (Phi) is 3.31. The zero-order chi connectivity index (χ0) is 13.4. The molecule has 4 nitrogen and oxygen atoms in total. The first-order valence-electron chi connectivity index (χ1n) is 6.92. The van der Waals surface area contributed by atoms with Crippen LogP contribution in [0.15, 0.2) is 0 Å². The molecule has 0 bridgehead atoms. The molecule has 1 aromatic rings. The third kappa shape index (κ3) is 2.16. The second kappa shape index (κ2) is 4.96. The third-order valence-corrected chi connectivity index (χ3v) is 5.31. The van der Waals surface area contributed by atoms with Crippen molar-refractivity contribution in [2.45, 2.75) is 38.5 Å². The van der Waals surface area contributed by atoms with Crippen LogP contribution in [0.2, 0.25) is 0 Å². The normalized spacial score (nSPS) is 18.4. The van der Waals surface area contributed by atoms with Crippen LogP contribution in [0.4, 0.5) is 0 Å². The van der Waals surface area contributed by atoms with Crippen LogP contribution in [0.1, 0.15) is 56.2 Å². The van der Waals surface area contributed by atoms with Crippen molar-refractivity contribution < 1.29 is 9.59 Å². The molecule has 2 aliphatic rings. The van der Waals surface area contributed by atoms with Crippen LogP contribution in [0.25, 0.3) is 0 Å². The van der Waals surface area contributed by atoms with Gasteiger partial charge in [0.1, 0.15) is 4.88 Å². The summed E-state index contributed by atoms with van der Waals surface area (Å²) in [5.41, 5.74) is 7.18. The molecule has 1 saturated heterocycles.